The predicted molar refractivity (Wildman–Crippen MR) is 107 cm³/mol. The van der Waals surface area contributed by atoms with Crippen LogP contribution in [0.1, 0.15) is 11.1 Å². The van der Waals surface area contributed by atoms with Gasteiger partial charge in [-0.15, -0.1) is 0 Å². The molecule has 6 nitrogen and oxygen atoms in total. The first-order chi connectivity index (χ1) is 13.3. The zero-order valence-electron chi connectivity index (χ0n) is 15.2. The van der Waals surface area contributed by atoms with Crippen molar-refractivity contribution >= 4 is 37.5 Å². The van der Waals surface area contributed by atoms with Gasteiger partial charge in [-0.25, -0.2) is 12.8 Å². The molecule has 0 aromatic heterocycles. The number of hydrogen-bond donors (Lipinski definition) is 1. The number of ether oxygens (including phenoxy) is 1. The van der Waals surface area contributed by atoms with Gasteiger partial charge in [0.05, 0.1) is 29.0 Å². The van der Waals surface area contributed by atoms with Crippen molar-refractivity contribution in [1.29, 1.82) is 0 Å². The number of nitrogens with one attached hydrogen (secondary N) is 1. The Morgan fingerprint density at radius 2 is 1.93 bits per heavy atom. The molecule has 9 heteroatoms. The van der Waals surface area contributed by atoms with E-state index in [1.54, 1.807) is 25.1 Å². The summed E-state index contributed by atoms with van der Waals surface area (Å²) >= 11 is 3.09. The van der Waals surface area contributed by atoms with Crippen LogP contribution in [-0.2, 0) is 26.0 Å². The van der Waals surface area contributed by atoms with E-state index in [0.29, 0.717) is 43.1 Å². The third-order valence-corrected chi connectivity index (χ3v) is 7.06. The summed E-state index contributed by atoms with van der Waals surface area (Å²) in [6.45, 7) is 3.05. The summed E-state index contributed by atoms with van der Waals surface area (Å²) in [5, 5.41) is 2.71. The van der Waals surface area contributed by atoms with Crippen molar-refractivity contribution in [3.63, 3.8) is 0 Å². The van der Waals surface area contributed by atoms with Crippen LogP contribution in [0.2, 0.25) is 0 Å². The number of morpholine rings is 1. The van der Waals surface area contributed by atoms with Crippen molar-refractivity contribution in [1.82, 2.24) is 4.31 Å². The molecule has 28 heavy (non-hydrogen) atoms. The van der Waals surface area contributed by atoms with Crippen LogP contribution in [0.4, 0.5) is 10.1 Å². The van der Waals surface area contributed by atoms with Crippen LogP contribution in [0.3, 0.4) is 0 Å². The molecule has 0 aliphatic carbocycles. The summed E-state index contributed by atoms with van der Waals surface area (Å²) in [6.07, 6.45) is 0.0400. The number of hydrogen-bond acceptors (Lipinski definition) is 4. The molecule has 1 heterocycles. The van der Waals surface area contributed by atoms with Gasteiger partial charge < -0.3 is 10.1 Å². The average molecular weight is 471 g/mol. The first-order valence-electron chi connectivity index (χ1n) is 8.70. The number of rotatable bonds is 5. The number of aryl methyl sites for hydroxylation is 1. The zero-order valence-corrected chi connectivity index (χ0v) is 17.6. The third kappa shape index (κ3) is 4.78. The molecule has 0 unspecified atom stereocenters. The Labute approximate surface area is 171 Å². The molecule has 0 spiro atoms. The van der Waals surface area contributed by atoms with Crippen LogP contribution in [-0.4, -0.2) is 44.9 Å². The van der Waals surface area contributed by atoms with Crippen molar-refractivity contribution in [3.05, 3.63) is 57.8 Å². The van der Waals surface area contributed by atoms with Gasteiger partial charge in [0.1, 0.15) is 5.82 Å². The highest BCUT2D eigenvalue weighted by Gasteiger charge is 2.28. The minimum Gasteiger partial charge on any atom is -0.379 e. The Morgan fingerprint density at radius 1 is 1.21 bits per heavy atom. The second kappa shape index (κ2) is 8.69. The Balaban J connectivity index is 1.77. The van der Waals surface area contributed by atoms with Gasteiger partial charge in [0.25, 0.3) is 0 Å². The first kappa shape index (κ1) is 20.9. The molecule has 150 valence electrons. The molecule has 2 aromatic carbocycles. The molecule has 1 amide bonds. The van der Waals surface area contributed by atoms with Crippen LogP contribution >= 0.6 is 15.9 Å². The minimum atomic E-state index is -3.67. The number of amides is 1. The summed E-state index contributed by atoms with van der Waals surface area (Å²) in [4.78, 5) is 12.5. The second-order valence-corrected chi connectivity index (χ2v) is 9.23. The Bertz CT molecular complexity index is 991. The Kier molecular flexibility index (Phi) is 6.49. The number of halogens is 2. The van der Waals surface area contributed by atoms with E-state index in [4.69, 9.17) is 4.74 Å². The number of anilines is 1. The van der Waals surface area contributed by atoms with E-state index in [2.05, 4.69) is 21.2 Å². The molecule has 3 rings (SSSR count). The first-order valence-corrected chi connectivity index (χ1v) is 10.9. The third-order valence-electron chi connectivity index (χ3n) is 4.41. The lowest BCUT2D eigenvalue weighted by Gasteiger charge is -2.26. The van der Waals surface area contributed by atoms with Crippen LogP contribution in [0.5, 0.6) is 0 Å². The molecule has 1 aliphatic rings. The van der Waals surface area contributed by atoms with E-state index >= 15 is 0 Å². The van der Waals surface area contributed by atoms with Crippen molar-refractivity contribution in [2.75, 3.05) is 31.6 Å². The molecule has 1 N–H and O–H groups in total. The smallest absolute Gasteiger partial charge is 0.243 e. The average Bonchev–Trinajstić information content (AvgIpc) is 2.67. The minimum absolute atomic E-state index is 0.0400. The maximum absolute atomic E-state index is 13.3. The monoisotopic (exact) mass is 470 g/mol. The maximum Gasteiger partial charge on any atom is 0.243 e. The molecule has 0 radical (unpaired) electrons. The van der Waals surface area contributed by atoms with Crippen LogP contribution in [0.25, 0.3) is 0 Å². The lowest BCUT2D eigenvalue weighted by atomic mass is 10.1. The summed E-state index contributed by atoms with van der Waals surface area (Å²) in [5.41, 5.74) is 1.63. The molecule has 1 fully saturated rings. The molecule has 0 saturated carbocycles. The molecule has 1 aliphatic heterocycles. The van der Waals surface area contributed by atoms with Gasteiger partial charge in [0, 0.05) is 18.8 Å². The summed E-state index contributed by atoms with van der Waals surface area (Å²) in [6, 6.07) is 9.15. The number of nitrogens with zero attached hydrogens (tertiary/aromatic N) is 1. The van der Waals surface area contributed by atoms with E-state index in [1.165, 1.54) is 22.5 Å². The van der Waals surface area contributed by atoms with Crippen molar-refractivity contribution in [2.24, 2.45) is 0 Å². The molecule has 1 saturated heterocycles. The van der Waals surface area contributed by atoms with E-state index in [1.807, 2.05) is 0 Å². The van der Waals surface area contributed by atoms with Gasteiger partial charge in [0.2, 0.25) is 15.9 Å². The highest BCUT2D eigenvalue weighted by molar-refractivity contribution is 9.10. The molecule has 0 bridgehead atoms. The quantitative estimate of drug-likeness (QED) is 0.728. The number of benzene rings is 2. The Hall–Kier alpha value is -1.81. The van der Waals surface area contributed by atoms with E-state index < -0.39 is 15.8 Å². The normalized spacial score (nSPS) is 15.4. The standard InChI is InChI=1S/C19H20BrFN2O4S/c1-13-2-4-15(12-18(13)28(25,26)23-6-8-27-9-7-23)22-19(24)11-14-3-5-17(21)16(20)10-14/h2-5,10,12H,6-9,11H2,1H3,(H,22,24). The topological polar surface area (TPSA) is 75.7 Å². The second-order valence-electron chi connectivity index (χ2n) is 6.47. The number of sulfonamides is 1. The molecular weight excluding hydrogens is 451 g/mol. The van der Waals surface area contributed by atoms with Crippen LogP contribution in [0, 0.1) is 12.7 Å². The molecule has 0 atom stereocenters. The van der Waals surface area contributed by atoms with Gasteiger partial charge >= 0.3 is 0 Å². The summed E-state index contributed by atoms with van der Waals surface area (Å²) < 4.78 is 46.1. The molecular formula is C19H20BrFN2O4S. The van der Waals surface area contributed by atoms with Gasteiger partial charge in [-0.3, -0.25) is 4.79 Å². The van der Waals surface area contributed by atoms with Gasteiger partial charge in [-0.1, -0.05) is 12.1 Å². The van der Waals surface area contributed by atoms with Gasteiger partial charge in [-0.2, -0.15) is 4.31 Å². The zero-order chi connectivity index (χ0) is 20.3. The fraction of sp³-hybridized carbons (Fsp3) is 0.316. The summed E-state index contributed by atoms with van der Waals surface area (Å²) in [5.74, 6) is -0.724. The van der Waals surface area contributed by atoms with E-state index in [0.717, 1.165) is 0 Å². The molecule has 2 aromatic rings. The van der Waals surface area contributed by atoms with Crippen LogP contribution < -0.4 is 5.32 Å². The van der Waals surface area contributed by atoms with Gasteiger partial charge in [0.15, 0.2) is 0 Å². The van der Waals surface area contributed by atoms with Crippen molar-refractivity contribution in [2.45, 2.75) is 18.2 Å². The number of carbonyl (C=O) groups is 1. The van der Waals surface area contributed by atoms with Crippen LogP contribution in [0.15, 0.2) is 45.8 Å². The highest BCUT2D eigenvalue weighted by atomic mass is 79.9. The van der Waals surface area contributed by atoms with Crippen molar-refractivity contribution < 1.29 is 22.3 Å². The highest BCUT2D eigenvalue weighted by Crippen LogP contribution is 2.25. The van der Waals surface area contributed by atoms with E-state index in [9.17, 15) is 17.6 Å². The summed E-state index contributed by atoms with van der Waals surface area (Å²) in [7, 11) is -3.67. The lowest BCUT2D eigenvalue weighted by molar-refractivity contribution is -0.115. The fourth-order valence-corrected chi connectivity index (χ4v) is 5.01. The fourth-order valence-electron chi connectivity index (χ4n) is 2.92. The Morgan fingerprint density at radius 3 is 2.61 bits per heavy atom. The van der Waals surface area contributed by atoms with Crippen molar-refractivity contribution in [3.8, 4) is 0 Å². The van der Waals surface area contributed by atoms with Gasteiger partial charge in [-0.05, 0) is 58.2 Å². The van der Waals surface area contributed by atoms with E-state index in [-0.39, 0.29) is 21.7 Å². The largest absolute Gasteiger partial charge is 0.379 e. The SMILES string of the molecule is Cc1ccc(NC(=O)Cc2ccc(F)c(Br)c2)cc1S(=O)(=O)N1CCOCC1. The maximum atomic E-state index is 13.3. The lowest BCUT2D eigenvalue weighted by Crippen LogP contribution is -2.40. The number of carbonyl (C=O) groups excluding carboxylic acids is 1. The predicted octanol–water partition coefficient (Wildman–Crippen LogP) is 3.10.